The lowest BCUT2D eigenvalue weighted by molar-refractivity contribution is 0.0342. The van der Waals surface area contributed by atoms with E-state index in [0.717, 1.165) is 54.8 Å². The monoisotopic (exact) mass is 291 g/mol. The van der Waals surface area contributed by atoms with Gasteiger partial charge in [-0.15, -0.1) is 0 Å². The van der Waals surface area contributed by atoms with Gasteiger partial charge in [-0.25, -0.2) is 0 Å². The molecule has 2 aromatic rings. The first-order chi connectivity index (χ1) is 9.75. The molecular weight excluding hydrogens is 274 g/mol. The molecule has 0 saturated carbocycles. The van der Waals surface area contributed by atoms with Crippen LogP contribution in [0.25, 0.3) is 11.3 Å². The van der Waals surface area contributed by atoms with Crippen molar-refractivity contribution < 1.29 is 4.74 Å². The maximum Gasteiger partial charge on any atom is 0.131 e. The minimum atomic E-state index is 0.718. The minimum Gasteiger partial charge on any atom is -0.379 e. The van der Waals surface area contributed by atoms with Crippen LogP contribution in [-0.2, 0) is 18.3 Å². The zero-order valence-corrected chi connectivity index (χ0v) is 12.3. The fraction of sp³-hybridized carbons (Fsp3) is 0.400. The van der Waals surface area contributed by atoms with Crippen LogP contribution in [0.3, 0.4) is 0 Å². The van der Waals surface area contributed by atoms with Crippen LogP contribution in [0.15, 0.2) is 30.3 Å². The smallest absolute Gasteiger partial charge is 0.131 e. The van der Waals surface area contributed by atoms with E-state index in [-0.39, 0.29) is 0 Å². The Morgan fingerprint density at radius 2 is 1.90 bits per heavy atom. The molecule has 3 rings (SSSR count). The zero-order valence-electron chi connectivity index (χ0n) is 11.6. The number of benzene rings is 1. The molecular formula is C15H18ClN3O. The van der Waals surface area contributed by atoms with E-state index in [1.807, 2.05) is 25.2 Å². The van der Waals surface area contributed by atoms with E-state index in [1.165, 1.54) is 0 Å². The summed E-state index contributed by atoms with van der Waals surface area (Å²) < 4.78 is 7.14. The lowest BCUT2D eigenvalue weighted by atomic mass is 10.1. The molecule has 1 aromatic heterocycles. The van der Waals surface area contributed by atoms with Crippen LogP contribution in [0.4, 0.5) is 0 Å². The van der Waals surface area contributed by atoms with Gasteiger partial charge in [-0.05, 0) is 0 Å². The molecule has 0 aliphatic carbocycles. The largest absolute Gasteiger partial charge is 0.379 e. The molecule has 0 radical (unpaired) electrons. The number of hydrogen-bond donors (Lipinski definition) is 0. The molecule has 1 aromatic carbocycles. The number of morpholine rings is 1. The summed E-state index contributed by atoms with van der Waals surface area (Å²) in [6, 6.07) is 10.2. The number of nitrogens with zero attached hydrogens (tertiary/aromatic N) is 3. The maximum absolute atomic E-state index is 6.43. The van der Waals surface area contributed by atoms with E-state index in [1.54, 1.807) is 4.68 Å². The summed E-state index contributed by atoms with van der Waals surface area (Å²) in [5, 5.41) is 5.29. The molecule has 0 unspecified atom stereocenters. The molecule has 0 amide bonds. The van der Waals surface area contributed by atoms with Crippen LogP contribution in [0.2, 0.25) is 5.15 Å². The third-order valence-electron chi connectivity index (χ3n) is 3.60. The number of rotatable bonds is 3. The Bertz CT molecular complexity index is 576. The van der Waals surface area contributed by atoms with Gasteiger partial charge in [0.15, 0.2) is 0 Å². The van der Waals surface area contributed by atoms with Gasteiger partial charge in [0.05, 0.1) is 18.9 Å². The Morgan fingerprint density at radius 1 is 1.20 bits per heavy atom. The lowest BCUT2D eigenvalue weighted by Gasteiger charge is -2.26. The highest BCUT2D eigenvalue weighted by Gasteiger charge is 2.20. The molecule has 1 aliphatic rings. The van der Waals surface area contributed by atoms with Crippen LogP contribution in [0, 0.1) is 0 Å². The quantitative estimate of drug-likeness (QED) is 0.871. The molecule has 5 heteroatoms. The van der Waals surface area contributed by atoms with Crippen LogP contribution in [-0.4, -0.2) is 41.0 Å². The van der Waals surface area contributed by atoms with Crippen molar-refractivity contribution in [3.63, 3.8) is 0 Å². The van der Waals surface area contributed by atoms with Crippen LogP contribution >= 0.6 is 11.6 Å². The van der Waals surface area contributed by atoms with Crippen molar-refractivity contribution in [2.45, 2.75) is 6.54 Å². The number of hydrogen-bond acceptors (Lipinski definition) is 3. The Hall–Kier alpha value is -1.36. The zero-order chi connectivity index (χ0) is 13.9. The molecule has 1 fully saturated rings. The SMILES string of the molecule is Cn1nc(-c2ccccc2)c(CN2CCOCC2)c1Cl. The fourth-order valence-corrected chi connectivity index (χ4v) is 2.69. The van der Waals surface area contributed by atoms with Crippen molar-refractivity contribution in [3.05, 3.63) is 41.0 Å². The summed E-state index contributed by atoms with van der Waals surface area (Å²) in [6.45, 7) is 4.29. The van der Waals surface area contributed by atoms with Gasteiger partial charge in [0.1, 0.15) is 5.15 Å². The van der Waals surface area contributed by atoms with Gasteiger partial charge in [-0.2, -0.15) is 5.10 Å². The number of halogens is 1. The molecule has 1 aliphatic heterocycles. The maximum atomic E-state index is 6.43. The van der Waals surface area contributed by atoms with Crippen LogP contribution in [0.1, 0.15) is 5.56 Å². The highest BCUT2D eigenvalue weighted by molar-refractivity contribution is 6.30. The molecule has 106 valence electrons. The third-order valence-corrected chi connectivity index (χ3v) is 4.07. The lowest BCUT2D eigenvalue weighted by Crippen LogP contribution is -2.35. The average molecular weight is 292 g/mol. The van der Waals surface area contributed by atoms with Crippen molar-refractivity contribution >= 4 is 11.6 Å². The van der Waals surface area contributed by atoms with Gasteiger partial charge >= 0.3 is 0 Å². The number of ether oxygens (including phenoxy) is 1. The van der Waals surface area contributed by atoms with E-state index in [4.69, 9.17) is 16.3 Å². The second-order valence-corrected chi connectivity index (χ2v) is 5.35. The topological polar surface area (TPSA) is 30.3 Å². The summed E-state index contributed by atoms with van der Waals surface area (Å²) in [6.07, 6.45) is 0. The van der Waals surface area contributed by atoms with Gasteiger partial charge in [-0.3, -0.25) is 9.58 Å². The predicted molar refractivity (Wildman–Crippen MR) is 79.8 cm³/mol. The van der Waals surface area contributed by atoms with Crippen molar-refractivity contribution in [1.29, 1.82) is 0 Å². The van der Waals surface area contributed by atoms with Crippen LogP contribution < -0.4 is 0 Å². The van der Waals surface area contributed by atoms with Crippen molar-refractivity contribution in [2.75, 3.05) is 26.3 Å². The third kappa shape index (κ3) is 2.73. The molecule has 0 spiro atoms. The standard InChI is InChI=1S/C15H18ClN3O/c1-18-15(16)13(11-19-7-9-20-10-8-19)14(17-18)12-5-3-2-4-6-12/h2-6H,7-11H2,1H3. The predicted octanol–water partition coefficient (Wildman–Crippen LogP) is 2.57. The van der Waals surface area contributed by atoms with E-state index in [9.17, 15) is 0 Å². The van der Waals surface area contributed by atoms with E-state index in [0.29, 0.717) is 0 Å². The second kappa shape index (κ2) is 5.95. The Balaban J connectivity index is 1.92. The fourth-order valence-electron chi connectivity index (χ4n) is 2.50. The Labute approximate surface area is 123 Å². The molecule has 0 N–H and O–H groups in total. The molecule has 2 heterocycles. The molecule has 4 nitrogen and oxygen atoms in total. The summed E-state index contributed by atoms with van der Waals surface area (Å²) in [5.74, 6) is 0. The number of aryl methyl sites for hydroxylation is 1. The minimum absolute atomic E-state index is 0.718. The molecule has 20 heavy (non-hydrogen) atoms. The van der Waals surface area contributed by atoms with Crippen molar-refractivity contribution in [1.82, 2.24) is 14.7 Å². The second-order valence-electron chi connectivity index (χ2n) is 5.00. The van der Waals surface area contributed by atoms with Crippen molar-refractivity contribution in [3.8, 4) is 11.3 Å². The normalized spacial score (nSPS) is 16.5. The summed E-state index contributed by atoms with van der Waals surface area (Å²) in [5.41, 5.74) is 3.19. The van der Waals surface area contributed by atoms with Gasteiger partial charge in [0.2, 0.25) is 0 Å². The first-order valence-electron chi connectivity index (χ1n) is 6.82. The summed E-state index contributed by atoms with van der Waals surface area (Å²) in [7, 11) is 1.89. The first kappa shape index (κ1) is 13.6. The van der Waals surface area contributed by atoms with Gasteiger partial charge in [0, 0.05) is 37.8 Å². The van der Waals surface area contributed by atoms with E-state index in [2.05, 4.69) is 22.1 Å². The summed E-state index contributed by atoms with van der Waals surface area (Å²) >= 11 is 6.43. The Kier molecular flexibility index (Phi) is 4.05. The molecule has 0 bridgehead atoms. The average Bonchev–Trinajstić information content (AvgIpc) is 2.78. The van der Waals surface area contributed by atoms with E-state index < -0.39 is 0 Å². The highest BCUT2D eigenvalue weighted by atomic mass is 35.5. The van der Waals surface area contributed by atoms with Gasteiger partial charge in [0.25, 0.3) is 0 Å². The van der Waals surface area contributed by atoms with Crippen molar-refractivity contribution in [2.24, 2.45) is 7.05 Å². The van der Waals surface area contributed by atoms with E-state index >= 15 is 0 Å². The number of aromatic nitrogens is 2. The van der Waals surface area contributed by atoms with Crippen LogP contribution in [0.5, 0.6) is 0 Å². The first-order valence-corrected chi connectivity index (χ1v) is 7.20. The Morgan fingerprint density at radius 3 is 2.60 bits per heavy atom. The van der Waals surface area contributed by atoms with Gasteiger partial charge in [-0.1, -0.05) is 41.9 Å². The summed E-state index contributed by atoms with van der Waals surface area (Å²) in [4.78, 5) is 2.36. The molecule has 0 atom stereocenters. The molecule has 1 saturated heterocycles. The van der Waals surface area contributed by atoms with Gasteiger partial charge < -0.3 is 4.74 Å². The highest BCUT2D eigenvalue weighted by Crippen LogP contribution is 2.29.